The van der Waals surface area contributed by atoms with Crippen LogP contribution >= 0.6 is 0 Å². The van der Waals surface area contributed by atoms with Crippen molar-refractivity contribution in [1.82, 2.24) is 0 Å². The molecule has 0 aliphatic carbocycles. The zero-order valence-corrected chi connectivity index (χ0v) is 9.44. The van der Waals surface area contributed by atoms with Crippen LogP contribution < -0.4 is 0 Å². The topological polar surface area (TPSA) is 0 Å². The van der Waals surface area contributed by atoms with Crippen LogP contribution in [-0.2, 0) is 90.8 Å². The quantitative estimate of drug-likeness (QED) is 0.448. The molecule has 0 saturated heterocycles. The number of rotatable bonds is 0. The summed E-state index contributed by atoms with van der Waals surface area (Å²) in [4.78, 5) is 0. The molecule has 5 heavy (non-hydrogen) atoms. The van der Waals surface area contributed by atoms with Gasteiger partial charge in [-0.05, 0) is 0 Å². The largest absolute Gasteiger partial charge is 0 e. The van der Waals surface area contributed by atoms with Gasteiger partial charge in [0.1, 0.15) is 0 Å². The monoisotopic (exact) mass is 461 g/mol. The molecule has 39 valence electrons. The molecule has 0 atom stereocenters. The minimum atomic E-state index is 0. The molecule has 0 saturated carbocycles. The van der Waals surface area contributed by atoms with Crippen LogP contribution in [-0.4, -0.2) is 0 Å². The molecule has 0 aromatic rings. The summed E-state index contributed by atoms with van der Waals surface area (Å²) in [7, 11) is 0. The van der Waals surface area contributed by atoms with E-state index in [1.54, 1.807) is 0 Å². The van der Waals surface area contributed by atoms with Gasteiger partial charge in [-0.1, -0.05) is 0 Å². The Kier molecular flexibility index (Phi) is 264. The molecule has 0 aromatic carbocycles. The number of hydrogen-bond donors (Lipinski definition) is 0. The molecule has 0 aliphatic heterocycles. The third-order valence-corrected chi connectivity index (χ3v) is 0. The van der Waals surface area contributed by atoms with E-state index in [-0.39, 0.29) is 90.8 Å². The Hall–Kier alpha value is 2.83. The molecule has 0 amide bonds. The van der Waals surface area contributed by atoms with E-state index in [1.807, 2.05) is 0 Å². The van der Waals surface area contributed by atoms with Crippen LogP contribution in [0.5, 0.6) is 0 Å². The molecular weight excluding hydrogens is 459 g/mol. The van der Waals surface area contributed by atoms with Gasteiger partial charge in [-0.15, -0.1) is 0 Å². The average molecular weight is 459 g/mol. The summed E-state index contributed by atoms with van der Waals surface area (Å²) in [6, 6.07) is 0. The Morgan fingerprint density at radius 2 is 1.00 bits per heavy atom. The van der Waals surface area contributed by atoms with Gasteiger partial charge in [0, 0.05) is 90.8 Å². The smallest absolute Gasteiger partial charge is 0 e. The first-order chi connectivity index (χ1) is 0. The second-order valence-corrected chi connectivity index (χ2v) is 0. The Balaban J connectivity index is 0. The summed E-state index contributed by atoms with van der Waals surface area (Å²) in [5, 5.41) is 0. The van der Waals surface area contributed by atoms with Crippen molar-refractivity contribution in [2.75, 3.05) is 0 Å². The van der Waals surface area contributed by atoms with Gasteiger partial charge < -0.3 is 0 Å². The average Bonchev–Trinajstić information content (AvgIpc) is 0. The fourth-order valence-electron chi connectivity index (χ4n) is 0. The molecule has 0 aliphatic rings. The van der Waals surface area contributed by atoms with Gasteiger partial charge in [-0.2, -0.15) is 0 Å². The Labute approximate surface area is 89.5 Å². The Bertz CT molecular complexity index is 11.6. The first kappa shape index (κ1) is 45.6. The summed E-state index contributed by atoms with van der Waals surface area (Å²) >= 11 is 0. The second kappa shape index (κ2) is 29.0. The van der Waals surface area contributed by atoms with E-state index in [2.05, 4.69) is 0 Å². The van der Waals surface area contributed by atoms with Crippen molar-refractivity contribution in [1.29, 1.82) is 0 Å². The van der Waals surface area contributed by atoms with Crippen molar-refractivity contribution in [2.45, 2.75) is 0 Å². The predicted octanol–water partition coefficient (Wildman–Crippen LogP) is -0.0125. The predicted molar refractivity (Wildman–Crippen MR) is 0 cm³/mol. The van der Waals surface area contributed by atoms with Crippen molar-refractivity contribution in [2.24, 2.45) is 0 Å². The van der Waals surface area contributed by atoms with Gasteiger partial charge >= 0.3 is 0 Å². The van der Waals surface area contributed by atoms with Crippen molar-refractivity contribution < 1.29 is 90.8 Å². The van der Waals surface area contributed by atoms with E-state index in [9.17, 15) is 0 Å². The number of hydrogen-bond acceptors (Lipinski definition) is 0. The van der Waals surface area contributed by atoms with Crippen LogP contribution in [0, 0.1) is 0 Å². The minimum absolute atomic E-state index is 0. The van der Waals surface area contributed by atoms with Gasteiger partial charge in [0.05, 0.1) is 0 Å². The third-order valence-electron chi connectivity index (χ3n) is 0. The maximum absolute atomic E-state index is 0. The molecule has 0 spiro atoms. The molecule has 0 heterocycles. The van der Waals surface area contributed by atoms with Crippen LogP contribution in [0.15, 0.2) is 0 Å². The van der Waals surface area contributed by atoms with E-state index in [4.69, 9.17) is 0 Å². The molecule has 0 rings (SSSR count). The molecule has 0 aromatic heterocycles. The van der Waals surface area contributed by atoms with E-state index in [0.29, 0.717) is 0 Å². The zero-order chi connectivity index (χ0) is 0. The van der Waals surface area contributed by atoms with Gasteiger partial charge in [0.15, 0.2) is 0 Å². The summed E-state index contributed by atoms with van der Waals surface area (Å²) in [5.41, 5.74) is 0. The van der Waals surface area contributed by atoms with E-state index >= 15 is 0 Å². The zero-order valence-electron chi connectivity index (χ0n) is 1.81. The third kappa shape index (κ3) is 19.9. The fraction of sp³-hybridized carbons (Fsp3) is 0. The molecule has 0 unspecified atom stereocenters. The van der Waals surface area contributed by atoms with Crippen molar-refractivity contribution in [3.05, 3.63) is 0 Å². The maximum Gasteiger partial charge on any atom is 0 e. The van der Waals surface area contributed by atoms with Gasteiger partial charge in [-0.3, -0.25) is 0 Å². The van der Waals surface area contributed by atoms with E-state index < -0.39 is 0 Å². The van der Waals surface area contributed by atoms with Crippen LogP contribution in [0.4, 0.5) is 0 Å². The summed E-state index contributed by atoms with van der Waals surface area (Å²) in [5.74, 6) is 0. The van der Waals surface area contributed by atoms with Crippen molar-refractivity contribution >= 4 is 0 Å². The van der Waals surface area contributed by atoms with Gasteiger partial charge in [-0.25, -0.2) is 0 Å². The SMILES string of the molecule is [Co].[Cr].[Ir].[Mn].[Ru]. The standard InChI is InChI=1S/Co.Cr.Ir.Mn.Ru. The van der Waals surface area contributed by atoms with E-state index in [0.717, 1.165) is 0 Å². The Morgan fingerprint density at radius 1 is 1.00 bits per heavy atom. The van der Waals surface area contributed by atoms with Crippen LogP contribution in [0.1, 0.15) is 0 Å². The maximum atomic E-state index is 0. The second-order valence-electron chi connectivity index (χ2n) is 0. The molecule has 0 N–H and O–H groups in total. The summed E-state index contributed by atoms with van der Waals surface area (Å²) in [6.45, 7) is 0. The minimum Gasteiger partial charge on any atom is 0 e. The van der Waals surface area contributed by atoms with E-state index in [1.165, 1.54) is 0 Å². The molecule has 5 heteroatoms. The first-order valence-electron chi connectivity index (χ1n) is 0. The summed E-state index contributed by atoms with van der Waals surface area (Å²) < 4.78 is 0. The van der Waals surface area contributed by atoms with Gasteiger partial charge in [0.25, 0.3) is 0 Å². The van der Waals surface area contributed by atoms with Crippen molar-refractivity contribution in [3.8, 4) is 0 Å². The van der Waals surface area contributed by atoms with Crippen molar-refractivity contribution in [3.63, 3.8) is 0 Å². The van der Waals surface area contributed by atoms with Gasteiger partial charge in [0.2, 0.25) is 0 Å². The van der Waals surface area contributed by atoms with Crippen LogP contribution in [0.25, 0.3) is 0 Å². The molecule has 3 radical (unpaired) electrons. The van der Waals surface area contributed by atoms with Crippen LogP contribution in [0.2, 0.25) is 0 Å². The molecule has 0 bridgehead atoms. The van der Waals surface area contributed by atoms with Crippen LogP contribution in [0.3, 0.4) is 0 Å². The summed E-state index contributed by atoms with van der Waals surface area (Å²) in [6.07, 6.45) is 0. The molecule has 0 fully saturated rings. The first-order valence-corrected chi connectivity index (χ1v) is 0. The normalized spacial score (nSPS) is 0. The molecule has 0 nitrogen and oxygen atoms in total. The molecular formula is CoCrIrMnRu. The fourth-order valence-corrected chi connectivity index (χ4v) is 0. The Morgan fingerprint density at radius 3 is 1.00 bits per heavy atom.